The number of phenolic OH excluding ortho intramolecular Hbond substituents is 1. The first-order valence-electron chi connectivity index (χ1n) is 6.17. The van der Waals surface area contributed by atoms with Crippen molar-refractivity contribution < 1.29 is 18.3 Å². The summed E-state index contributed by atoms with van der Waals surface area (Å²) in [6, 6.07) is 8.28. The standard InChI is InChI=1S/C15H13ClF3NO/c1-9-3-2-4-10(14(9)21)8-20-13-7-11(15(17,18)19)5-6-12(13)16/h2-7,20-21H,8H2,1H3. The third-order valence-corrected chi connectivity index (χ3v) is 3.41. The normalized spacial score (nSPS) is 11.5. The summed E-state index contributed by atoms with van der Waals surface area (Å²) >= 11 is 5.89. The number of phenols is 1. The molecule has 0 unspecified atom stereocenters. The zero-order chi connectivity index (χ0) is 15.6. The molecule has 0 aromatic heterocycles. The van der Waals surface area contributed by atoms with E-state index in [9.17, 15) is 18.3 Å². The van der Waals surface area contributed by atoms with E-state index in [0.717, 1.165) is 12.1 Å². The molecule has 2 aromatic carbocycles. The van der Waals surface area contributed by atoms with Crippen LogP contribution in [0.1, 0.15) is 16.7 Å². The summed E-state index contributed by atoms with van der Waals surface area (Å²) in [5.74, 6) is 0.119. The van der Waals surface area contributed by atoms with Crippen LogP contribution in [0, 0.1) is 6.92 Å². The lowest BCUT2D eigenvalue weighted by molar-refractivity contribution is -0.137. The molecule has 0 spiro atoms. The largest absolute Gasteiger partial charge is 0.507 e. The summed E-state index contributed by atoms with van der Waals surface area (Å²) in [6.07, 6.45) is -4.42. The molecular weight excluding hydrogens is 303 g/mol. The molecule has 21 heavy (non-hydrogen) atoms. The molecule has 0 saturated heterocycles. The molecule has 0 amide bonds. The van der Waals surface area contributed by atoms with Crippen LogP contribution in [-0.2, 0) is 12.7 Å². The van der Waals surface area contributed by atoms with Gasteiger partial charge in [-0.3, -0.25) is 0 Å². The zero-order valence-electron chi connectivity index (χ0n) is 11.1. The zero-order valence-corrected chi connectivity index (χ0v) is 11.9. The third-order valence-electron chi connectivity index (χ3n) is 3.08. The summed E-state index contributed by atoms with van der Waals surface area (Å²) in [5, 5.41) is 12.9. The highest BCUT2D eigenvalue weighted by Gasteiger charge is 2.30. The van der Waals surface area contributed by atoms with Crippen LogP contribution in [0.15, 0.2) is 36.4 Å². The summed E-state index contributed by atoms with van der Waals surface area (Å²) in [7, 11) is 0. The lowest BCUT2D eigenvalue weighted by Gasteiger charge is -2.13. The van der Waals surface area contributed by atoms with Gasteiger partial charge >= 0.3 is 6.18 Å². The van der Waals surface area contributed by atoms with Crippen LogP contribution in [0.25, 0.3) is 0 Å². The first-order valence-corrected chi connectivity index (χ1v) is 6.55. The first kappa shape index (κ1) is 15.5. The molecule has 0 fully saturated rings. The van der Waals surface area contributed by atoms with Crippen molar-refractivity contribution in [2.24, 2.45) is 0 Å². The maximum atomic E-state index is 12.7. The second-order valence-corrected chi connectivity index (χ2v) is 5.04. The van der Waals surface area contributed by atoms with Crippen LogP contribution in [0.5, 0.6) is 5.75 Å². The molecule has 0 aliphatic heterocycles. The van der Waals surface area contributed by atoms with Gasteiger partial charge in [-0.15, -0.1) is 0 Å². The number of aromatic hydroxyl groups is 1. The molecule has 0 radical (unpaired) electrons. The Morgan fingerprint density at radius 3 is 2.57 bits per heavy atom. The van der Waals surface area contributed by atoms with E-state index >= 15 is 0 Å². The predicted molar refractivity (Wildman–Crippen MR) is 76.6 cm³/mol. The molecule has 0 aliphatic rings. The fourth-order valence-corrected chi connectivity index (χ4v) is 2.07. The van der Waals surface area contributed by atoms with Crippen LogP contribution >= 0.6 is 11.6 Å². The SMILES string of the molecule is Cc1cccc(CNc2cc(C(F)(F)F)ccc2Cl)c1O. The van der Waals surface area contributed by atoms with Crippen molar-refractivity contribution in [1.29, 1.82) is 0 Å². The van der Waals surface area contributed by atoms with Crippen LogP contribution in [0.3, 0.4) is 0 Å². The fraction of sp³-hybridized carbons (Fsp3) is 0.200. The number of aryl methyl sites for hydroxylation is 1. The van der Waals surface area contributed by atoms with Gasteiger partial charge in [0.15, 0.2) is 0 Å². The fourth-order valence-electron chi connectivity index (χ4n) is 1.89. The Kier molecular flexibility index (Phi) is 4.32. The molecule has 0 heterocycles. The monoisotopic (exact) mass is 315 g/mol. The number of hydrogen-bond donors (Lipinski definition) is 2. The summed E-state index contributed by atoms with van der Waals surface area (Å²) in [6.45, 7) is 1.92. The van der Waals surface area contributed by atoms with Gasteiger partial charge in [0, 0.05) is 12.1 Å². The quantitative estimate of drug-likeness (QED) is 0.836. The van der Waals surface area contributed by atoms with Crippen LogP contribution in [0.2, 0.25) is 5.02 Å². The van der Waals surface area contributed by atoms with Gasteiger partial charge in [-0.05, 0) is 30.7 Å². The summed E-state index contributed by atoms with van der Waals surface area (Å²) < 4.78 is 38.0. The average molecular weight is 316 g/mol. The number of hydrogen-bond acceptors (Lipinski definition) is 2. The van der Waals surface area contributed by atoms with Gasteiger partial charge < -0.3 is 10.4 Å². The van der Waals surface area contributed by atoms with Crippen molar-refractivity contribution in [2.45, 2.75) is 19.6 Å². The van der Waals surface area contributed by atoms with E-state index in [1.165, 1.54) is 6.07 Å². The highest BCUT2D eigenvalue weighted by molar-refractivity contribution is 6.33. The van der Waals surface area contributed by atoms with Crippen molar-refractivity contribution in [3.8, 4) is 5.75 Å². The van der Waals surface area contributed by atoms with Crippen molar-refractivity contribution in [3.05, 3.63) is 58.1 Å². The molecule has 6 heteroatoms. The molecule has 0 aliphatic carbocycles. The van der Waals surface area contributed by atoms with Crippen molar-refractivity contribution in [3.63, 3.8) is 0 Å². The van der Waals surface area contributed by atoms with Gasteiger partial charge in [-0.1, -0.05) is 29.8 Å². The van der Waals surface area contributed by atoms with E-state index in [1.54, 1.807) is 25.1 Å². The number of rotatable bonds is 3. The smallest absolute Gasteiger partial charge is 0.416 e. The number of benzene rings is 2. The molecule has 112 valence electrons. The van der Waals surface area contributed by atoms with Crippen molar-refractivity contribution >= 4 is 17.3 Å². The van der Waals surface area contributed by atoms with Crippen LogP contribution in [0.4, 0.5) is 18.9 Å². The number of anilines is 1. The third kappa shape index (κ3) is 3.61. The average Bonchev–Trinajstić information content (AvgIpc) is 2.40. The molecular formula is C15H13ClF3NO. The van der Waals surface area contributed by atoms with Gasteiger partial charge in [0.25, 0.3) is 0 Å². The van der Waals surface area contributed by atoms with Gasteiger partial charge in [0.05, 0.1) is 16.3 Å². The molecule has 2 nitrogen and oxygen atoms in total. The van der Waals surface area contributed by atoms with Crippen molar-refractivity contribution in [2.75, 3.05) is 5.32 Å². The Bertz CT molecular complexity index is 656. The van der Waals surface area contributed by atoms with E-state index in [1.807, 2.05) is 0 Å². The maximum Gasteiger partial charge on any atom is 0.416 e. The summed E-state index contributed by atoms with van der Waals surface area (Å²) in [4.78, 5) is 0. The Morgan fingerprint density at radius 1 is 1.19 bits per heavy atom. The molecule has 0 bridgehead atoms. The number of halogens is 4. The molecule has 2 rings (SSSR count). The van der Waals surface area contributed by atoms with E-state index in [-0.39, 0.29) is 23.0 Å². The second kappa shape index (κ2) is 5.85. The van der Waals surface area contributed by atoms with E-state index < -0.39 is 11.7 Å². The van der Waals surface area contributed by atoms with E-state index in [2.05, 4.69) is 5.32 Å². The Labute approximate surface area is 125 Å². The van der Waals surface area contributed by atoms with E-state index in [0.29, 0.717) is 11.1 Å². The minimum absolute atomic E-state index is 0.119. The highest BCUT2D eigenvalue weighted by Crippen LogP contribution is 2.34. The molecule has 2 aromatic rings. The Morgan fingerprint density at radius 2 is 1.90 bits per heavy atom. The number of nitrogens with one attached hydrogen (secondary N) is 1. The molecule has 0 atom stereocenters. The lowest BCUT2D eigenvalue weighted by Crippen LogP contribution is -2.07. The van der Waals surface area contributed by atoms with Gasteiger partial charge in [-0.25, -0.2) is 0 Å². The van der Waals surface area contributed by atoms with Crippen molar-refractivity contribution in [1.82, 2.24) is 0 Å². The van der Waals surface area contributed by atoms with Gasteiger partial charge in [0.1, 0.15) is 5.75 Å². The topological polar surface area (TPSA) is 32.3 Å². The van der Waals surface area contributed by atoms with Gasteiger partial charge in [-0.2, -0.15) is 13.2 Å². The molecule has 2 N–H and O–H groups in total. The van der Waals surface area contributed by atoms with Gasteiger partial charge in [0.2, 0.25) is 0 Å². The van der Waals surface area contributed by atoms with Crippen LogP contribution in [-0.4, -0.2) is 5.11 Å². The minimum atomic E-state index is -4.42. The Hall–Kier alpha value is -1.88. The van der Waals surface area contributed by atoms with Crippen LogP contribution < -0.4 is 5.32 Å². The highest BCUT2D eigenvalue weighted by atomic mass is 35.5. The second-order valence-electron chi connectivity index (χ2n) is 4.63. The van der Waals surface area contributed by atoms with E-state index in [4.69, 9.17) is 11.6 Å². The lowest BCUT2D eigenvalue weighted by atomic mass is 10.1. The minimum Gasteiger partial charge on any atom is -0.507 e. The Balaban J connectivity index is 2.22. The first-order chi connectivity index (χ1) is 9.79. The summed E-state index contributed by atoms with van der Waals surface area (Å²) in [5.41, 5.74) is 0.683. The predicted octanol–water partition coefficient (Wildman–Crippen LogP) is 4.98. The maximum absolute atomic E-state index is 12.7. The number of para-hydroxylation sites is 1. The number of alkyl halides is 3. The molecule has 0 saturated carbocycles.